The molecular formula is C13H21BrO2. The maximum atomic E-state index is 5.86. The molecule has 2 aliphatic rings. The van der Waals surface area contributed by atoms with E-state index in [0.29, 0.717) is 0 Å². The topological polar surface area (TPSA) is 18.5 Å². The van der Waals surface area contributed by atoms with Crippen molar-refractivity contribution in [3.8, 4) is 0 Å². The summed E-state index contributed by atoms with van der Waals surface area (Å²) in [6, 6.07) is 0. The first-order chi connectivity index (χ1) is 7.85. The van der Waals surface area contributed by atoms with E-state index in [9.17, 15) is 0 Å². The largest absolute Gasteiger partial charge is 0.347 e. The average molecular weight is 289 g/mol. The first kappa shape index (κ1) is 12.6. The second-order valence-corrected chi connectivity index (χ2v) is 5.29. The summed E-state index contributed by atoms with van der Waals surface area (Å²) in [6.45, 7) is 1.52. The minimum absolute atomic E-state index is 0.295. The molecule has 3 heteroatoms. The zero-order chi connectivity index (χ0) is 11.3. The van der Waals surface area contributed by atoms with Crippen LogP contribution in [0.25, 0.3) is 0 Å². The fourth-order valence-electron chi connectivity index (χ4n) is 2.55. The number of ether oxygens (including phenoxy) is 2. The molecule has 16 heavy (non-hydrogen) atoms. The van der Waals surface area contributed by atoms with Crippen molar-refractivity contribution in [2.45, 2.75) is 50.7 Å². The van der Waals surface area contributed by atoms with Crippen molar-refractivity contribution in [3.63, 3.8) is 0 Å². The highest BCUT2D eigenvalue weighted by Crippen LogP contribution is 2.34. The van der Waals surface area contributed by atoms with Crippen molar-refractivity contribution in [1.82, 2.24) is 0 Å². The minimum Gasteiger partial charge on any atom is -0.347 e. The van der Waals surface area contributed by atoms with E-state index in [-0.39, 0.29) is 5.79 Å². The third-order valence-electron chi connectivity index (χ3n) is 3.43. The molecule has 1 aliphatic heterocycles. The van der Waals surface area contributed by atoms with Gasteiger partial charge >= 0.3 is 0 Å². The maximum absolute atomic E-state index is 5.86. The molecular weight excluding hydrogens is 268 g/mol. The van der Waals surface area contributed by atoms with Crippen molar-refractivity contribution in [1.29, 1.82) is 0 Å². The van der Waals surface area contributed by atoms with Gasteiger partial charge in [0, 0.05) is 18.2 Å². The molecule has 1 fully saturated rings. The van der Waals surface area contributed by atoms with E-state index in [0.717, 1.165) is 31.4 Å². The summed E-state index contributed by atoms with van der Waals surface area (Å²) in [5.74, 6) is -0.295. The molecule has 0 amide bonds. The highest BCUT2D eigenvalue weighted by molar-refractivity contribution is 9.09. The Morgan fingerprint density at radius 2 is 1.88 bits per heavy atom. The van der Waals surface area contributed by atoms with E-state index in [1.807, 2.05) is 0 Å². The Bertz CT molecular complexity index is 244. The second-order valence-electron chi connectivity index (χ2n) is 4.73. The van der Waals surface area contributed by atoms with Gasteiger partial charge < -0.3 is 9.47 Å². The van der Waals surface area contributed by atoms with Gasteiger partial charge in [-0.3, -0.25) is 0 Å². The monoisotopic (exact) mass is 288 g/mol. The molecule has 0 aromatic heterocycles. The molecule has 0 aromatic carbocycles. The van der Waals surface area contributed by atoms with Crippen LogP contribution in [0.2, 0.25) is 0 Å². The van der Waals surface area contributed by atoms with Gasteiger partial charge in [0.05, 0.1) is 13.2 Å². The molecule has 0 saturated carbocycles. The minimum atomic E-state index is -0.295. The maximum Gasteiger partial charge on any atom is 0.172 e. The molecule has 2 nitrogen and oxygen atoms in total. The van der Waals surface area contributed by atoms with Gasteiger partial charge in [0.25, 0.3) is 0 Å². The van der Waals surface area contributed by atoms with Gasteiger partial charge in [0.15, 0.2) is 5.79 Å². The SMILES string of the molecule is BrC/C1=C/CCCCCCC2(C1)OCCO2. The number of rotatable bonds is 1. The predicted molar refractivity (Wildman–Crippen MR) is 68.8 cm³/mol. The smallest absolute Gasteiger partial charge is 0.172 e. The highest BCUT2D eigenvalue weighted by Gasteiger charge is 2.36. The van der Waals surface area contributed by atoms with E-state index >= 15 is 0 Å². The van der Waals surface area contributed by atoms with Crippen LogP contribution in [0, 0.1) is 0 Å². The van der Waals surface area contributed by atoms with Gasteiger partial charge in [-0.05, 0) is 19.3 Å². The molecule has 1 heterocycles. The van der Waals surface area contributed by atoms with Gasteiger partial charge in [-0.2, -0.15) is 0 Å². The lowest BCUT2D eigenvalue weighted by Gasteiger charge is -2.29. The zero-order valence-electron chi connectivity index (χ0n) is 9.84. The number of alkyl halides is 1. The predicted octanol–water partition coefficient (Wildman–Crippen LogP) is 3.80. The van der Waals surface area contributed by atoms with E-state index in [4.69, 9.17) is 9.47 Å². The molecule has 0 atom stereocenters. The van der Waals surface area contributed by atoms with E-state index in [1.165, 1.54) is 37.7 Å². The zero-order valence-corrected chi connectivity index (χ0v) is 11.4. The van der Waals surface area contributed by atoms with E-state index in [1.54, 1.807) is 0 Å². The van der Waals surface area contributed by atoms with Crippen molar-refractivity contribution < 1.29 is 9.47 Å². The van der Waals surface area contributed by atoms with Crippen molar-refractivity contribution in [2.24, 2.45) is 0 Å². The first-order valence-electron chi connectivity index (χ1n) is 6.36. The standard InChI is InChI=1S/C13H21BrO2/c14-11-12-6-4-2-1-3-5-7-13(10-12)15-8-9-16-13/h6H,1-5,7-11H2/b12-6+. The van der Waals surface area contributed by atoms with Gasteiger partial charge in [0.1, 0.15) is 0 Å². The summed E-state index contributed by atoms with van der Waals surface area (Å²) in [6.07, 6.45) is 10.8. The van der Waals surface area contributed by atoms with Crippen LogP contribution in [0.4, 0.5) is 0 Å². The van der Waals surface area contributed by atoms with Crippen LogP contribution < -0.4 is 0 Å². The van der Waals surface area contributed by atoms with Gasteiger partial charge in [-0.1, -0.05) is 40.4 Å². The van der Waals surface area contributed by atoms with Crippen LogP contribution in [-0.4, -0.2) is 24.3 Å². The Hall–Kier alpha value is 0.140. The lowest BCUT2D eigenvalue weighted by molar-refractivity contribution is -0.161. The Morgan fingerprint density at radius 3 is 2.62 bits per heavy atom. The van der Waals surface area contributed by atoms with Crippen LogP contribution in [0.1, 0.15) is 44.9 Å². The molecule has 0 unspecified atom stereocenters. The Labute approximate surface area is 107 Å². The molecule has 0 aromatic rings. The Balaban J connectivity index is 2.06. The van der Waals surface area contributed by atoms with E-state index in [2.05, 4.69) is 22.0 Å². The number of allylic oxidation sites excluding steroid dienone is 1. The van der Waals surface area contributed by atoms with Gasteiger partial charge in [0.2, 0.25) is 0 Å². The normalized spacial score (nSPS) is 29.9. The number of halogens is 1. The molecule has 1 spiro atoms. The summed E-state index contributed by atoms with van der Waals surface area (Å²) >= 11 is 3.57. The lowest BCUT2D eigenvalue weighted by atomic mass is 9.96. The second kappa shape index (κ2) is 6.18. The number of hydrogen-bond donors (Lipinski definition) is 0. The quantitative estimate of drug-likeness (QED) is 0.540. The Kier molecular flexibility index (Phi) is 4.86. The van der Waals surface area contributed by atoms with Gasteiger partial charge in [-0.15, -0.1) is 0 Å². The van der Waals surface area contributed by atoms with Crippen LogP contribution in [0.15, 0.2) is 11.6 Å². The van der Waals surface area contributed by atoms with Crippen molar-refractivity contribution >= 4 is 15.9 Å². The summed E-state index contributed by atoms with van der Waals surface area (Å²) in [5, 5.41) is 0.946. The fraction of sp³-hybridized carbons (Fsp3) is 0.846. The van der Waals surface area contributed by atoms with E-state index < -0.39 is 0 Å². The summed E-state index contributed by atoms with van der Waals surface area (Å²) < 4.78 is 11.7. The highest BCUT2D eigenvalue weighted by atomic mass is 79.9. The molecule has 1 saturated heterocycles. The molecule has 2 rings (SSSR count). The fourth-order valence-corrected chi connectivity index (χ4v) is 2.98. The molecule has 1 aliphatic carbocycles. The van der Waals surface area contributed by atoms with Crippen molar-refractivity contribution in [3.05, 3.63) is 11.6 Å². The van der Waals surface area contributed by atoms with Crippen LogP contribution >= 0.6 is 15.9 Å². The third kappa shape index (κ3) is 3.31. The summed E-state index contributed by atoms with van der Waals surface area (Å²) in [7, 11) is 0. The van der Waals surface area contributed by atoms with Crippen LogP contribution in [-0.2, 0) is 9.47 Å². The summed E-state index contributed by atoms with van der Waals surface area (Å²) in [4.78, 5) is 0. The molecule has 0 radical (unpaired) electrons. The summed E-state index contributed by atoms with van der Waals surface area (Å²) in [5.41, 5.74) is 1.43. The number of hydrogen-bond acceptors (Lipinski definition) is 2. The first-order valence-corrected chi connectivity index (χ1v) is 7.49. The van der Waals surface area contributed by atoms with Crippen molar-refractivity contribution in [2.75, 3.05) is 18.5 Å². The molecule has 0 N–H and O–H groups in total. The van der Waals surface area contributed by atoms with Crippen LogP contribution in [0.5, 0.6) is 0 Å². The van der Waals surface area contributed by atoms with Crippen LogP contribution in [0.3, 0.4) is 0 Å². The lowest BCUT2D eigenvalue weighted by Crippen LogP contribution is -2.31. The molecule has 0 bridgehead atoms. The van der Waals surface area contributed by atoms with Gasteiger partial charge in [-0.25, -0.2) is 0 Å². The third-order valence-corrected chi connectivity index (χ3v) is 4.15. The average Bonchev–Trinajstić information content (AvgIpc) is 2.75. The Morgan fingerprint density at radius 1 is 1.12 bits per heavy atom. The molecule has 92 valence electrons.